The lowest BCUT2D eigenvalue weighted by molar-refractivity contribution is 0.0966. The number of para-hydroxylation sites is 1. The van der Waals surface area contributed by atoms with Gasteiger partial charge in [0.2, 0.25) is 4.77 Å². The first-order valence-corrected chi connectivity index (χ1v) is 11.0. The lowest BCUT2D eigenvalue weighted by Crippen LogP contribution is -2.12. The number of ether oxygens (including phenoxy) is 1. The number of rotatable bonds is 8. The van der Waals surface area contributed by atoms with Crippen molar-refractivity contribution in [2.24, 2.45) is 0 Å². The van der Waals surface area contributed by atoms with Crippen molar-refractivity contribution in [1.82, 2.24) is 14.3 Å². The molecule has 0 radical (unpaired) electrons. The average Bonchev–Trinajstić information content (AvgIpc) is 3.13. The van der Waals surface area contributed by atoms with E-state index in [9.17, 15) is 4.79 Å². The summed E-state index contributed by atoms with van der Waals surface area (Å²) < 4.78 is 9.84. The van der Waals surface area contributed by atoms with E-state index < -0.39 is 0 Å². The summed E-state index contributed by atoms with van der Waals surface area (Å²) in [6.07, 6.45) is 0.936. The van der Waals surface area contributed by atoms with Crippen LogP contribution in [-0.2, 0) is 19.6 Å². The lowest BCUT2D eigenvalue weighted by atomic mass is 10.1. The van der Waals surface area contributed by atoms with E-state index in [0.29, 0.717) is 16.2 Å². The van der Waals surface area contributed by atoms with Crippen LogP contribution in [0.25, 0.3) is 5.69 Å². The number of hydrogen-bond acceptors (Lipinski definition) is 4. The maximum atomic E-state index is 12.9. The Kier molecular flexibility index (Phi) is 6.61. The Balaban J connectivity index is 1.65. The SMILES string of the molecule is CCc1ccc(C(=O)Cn2nc(COc3ccccc3)n(-c3ccc(C)cc3)c2=S)cc1. The second kappa shape index (κ2) is 9.75. The van der Waals surface area contributed by atoms with Gasteiger partial charge in [0, 0.05) is 11.3 Å². The molecule has 3 aromatic carbocycles. The van der Waals surface area contributed by atoms with Gasteiger partial charge in [-0.3, -0.25) is 9.36 Å². The molecule has 0 spiro atoms. The minimum Gasteiger partial charge on any atom is -0.486 e. The van der Waals surface area contributed by atoms with Gasteiger partial charge in [0.1, 0.15) is 18.9 Å². The fourth-order valence-electron chi connectivity index (χ4n) is 3.42. The predicted molar refractivity (Wildman–Crippen MR) is 128 cm³/mol. The fraction of sp³-hybridized carbons (Fsp3) is 0.192. The van der Waals surface area contributed by atoms with Gasteiger partial charge in [0.05, 0.1) is 0 Å². The van der Waals surface area contributed by atoms with Gasteiger partial charge >= 0.3 is 0 Å². The Bertz CT molecular complexity index is 1260. The van der Waals surface area contributed by atoms with Gasteiger partial charge in [-0.15, -0.1) is 0 Å². The minimum atomic E-state index is -0.0344. The van der Waals surface area contributed by atoms with Crippen LogP contribution in [-0.4, -0.2) is 20.1 Å². The van der Waals surface area contributed by atoms with Gasteiger partial charge in [-0.1, -0.05) is 67.1 Å². The summed E-state index contributed by atoms with van der Waals surface area (Å²) >= 11 is 5.72. The van der Waals surface area contributed by atoms with Crippen molar-refractivity contribution in [2.75, 3.05) is 0 Å². The normalized spacial score (nSPS) is 10.8. The van der Waals surface area contributed by atoms with Crippen LogP contribution in [0, 0.1) is 11.7 Å². The molecule has 1 heterocycles. The highest BCUT2D eigenvalue weighted by molar-refractivity contribution is 7.71. The molecule has 0 saturated heterocycles. The molecule has 4 rings (SSSR count). The number of aromatic nitrogens is 3. The highest BCUT2D eigenvalue weighted by Crippen LogP contribution is 2.17. The molecule has 0 bridgehead atoms. The quantitative estimate of drug-likeness (QED) is 0.258. The molecule has 6 heteroatoms. The summed E-state index contributed by atoms with van der Waals surface area (Å²) in [7, 11) is 0. The van der Waals surface area contributed by atoms with E-state index in [2.05, 4.69) is 12.0 Å². The summed E-state index contributed by atoms with van der Waals surface area (Å²) in [6, 6.07) is 25.3. The molecular formula is C26H25N3O2S. The summed E-state index contributed by atoms with van der Waals surface area (Å²) in [6.45, 7) is 4.43. The largest absolute Gasteiger partial charge is 0.486 e. The number of carbonyl (C=O) groups is 1. The molecule has 0 atom stereocenters. The molecule has 32 heavy (non-hydrogen) atoms. The second-order valence-electron chi connectivity index (χ2n) is 7.60. The molecule has 0 aliphatic carbocycles. The monoisotopic (exact) mass is 443 g/mol. The first-order valence-electron chi connectivity index (χ1n) is 10.6. The molecule has 0 N–H and O–H groups in total. The zero-order chi connectivity index (χ0) is 22.5. The second-order valence-corrected chi connectivity index (χ2v) is 7.97. The summed E-state index contributed by atoms with van der Waals surface area (Å²) in [4.78, 5) is 12.9. The van der Waals surface area contributed by atoms with Crippen LogP contribution < -0.4 is 4.74 Å². The van der Waals surface area contributed by atoms with Gasteiger partial charge in [-0.25, -0.2) is 4.68 Å². The number of benzene rings is 3. The summed E-state index contributed by atoms with van der Waals surface area (Å²) in [5.74, 6) is 1.35. The van der Waals surface area contributed by atoms with E-state index in [1.54, 1.807) is 4.68 Å². The Morgan fingerprint density at radius 3 is 2.31 bits per heavy atom. The van der Waals surface area contributed by atoms with Crippen molar-refractivity contribution in [3.8, 4) is 11.4 Å². The van der Waals surface area contributed by atoms with Crippen LogP contribution in [0.2, 0.25) is 0 Å². The molecule has 0 aliphatic rings. The zero-order valence-corrected chi connectivity index (χ0v) is 19.0. The van der Waals surface area contributed by atoms with Crippen LogP contribution in [0.15, 0.2) is 78.9 Å². The average molecular weight is 444 g/mol. The predicted octanol–water partition coefficient (Wildman–Crippen LogP) is 5.74. The van der Waals surface area contributed by atoms with Crippen LogP contribution in [0.1, 0.15) is 34.2 Å². The van der Waals surface area contributed by atoms with Crippen molar-refractivity contribution in [3.63, 3.8) is 0 Å². The zero-order valence-electron chi connectivity index (χ0n) is 18.2. The van der Waals surface area contributed by atoms with Crippen LogP contribution in [0.3, 0.4) is 0 Å². The smallest absolute Gasteiger partial charge is 0.203 e. The van der Waals surface area contributed by atoms with E-state index in [4.69, 9.17) is 17.0 Å². The molecule has 5 nitrogen and oxygen atoms in total. The molecular weight excluding hydrogens is 418 g/mol. The van der Waals surface area contributed by atoms with Gasteiger partial charge in [-0.05, 0) is 55.4 Å². The third-order valence-corrected chi connectivity index (χ3v) is 5.68. The standard InChI is InChI=1S/C26H25N3O2S/c1-3-20-11-13-21(14-12-20)24(30)17-28-26(32)29(22-15-9-19(2)10-16-22)25(27-28)18-31-23-7-5-4-6-8-23/h4-16H,3,17-18H2,1-2H3. The van der Waals surface area contributed by atoms with Crippen molar-refractivity contribution in [1.29, 1.82) is 0 Å². The molecule has 1 aromatic heterocycles. The van der Waals surface area contributed by atoms with Crippen molar-refractivity contribution >= 4 is 18.0 Å². The fourth-order valence-corrected chi connectivity index (χ4v) is 3.74. The van der Waals surface area contributed by atoms with E-state index in [-0.39, 0.29) is 18.9 Å². The molecule has 0 unspecified atom stereocenters. The van der Waals surface area contributed by atoms with Crippen molar-refractivity contribution < 1.29 is 9.53 Å². The number of carbonyl (C=O) groups excluding carboxylic acids is 1. The van der Waals surface area contributed by atoms with Gasteiger partial charge in [-0.2, -0.15) is 5.10 Å². The third-order valence-electron chi connectivity index (χ3n) is 5.29. The van der Waals surface area contributed by atoms with E-state index in [1.165, 1.54) is 5.56 Å². The molecule has 0 aliphatic heterocycles. The first-order chi connectivity index (χ1) is 15.5. The molecule has 162 valence electrons. The Morgan fingerprint density at radius 2 is 1.66 bits per heavy atom. The number of ketones is 1. The van der Waals surface area contributed by atoms with Crippen molar-refractivity contribution in [3.05, 3.63) is 106 Å². The molecule has 0 saturated carbocycles. The van der Waals surface area contributed by atoms with E-state index in [1.807, 2.05) is 90.4 Å². The van der Waals surface area contributed by atoms with E-state index >= 15 is 0 Å². The number of nitrogens with zero attached hydrogens (tertiary/aromatic N) is 3. The number of aryl methyl sites for hydroxylation is 2. The Morgan fingerprint density at radius 1 is 0.969 bits per heavy atom. The minimum absolute atomic E-state index is 0.0344. The highest BCUT2D eigenvalue weighted by Gasteiger charge is 2.16. The topological polar surface area (TPSA) is 49.1 Å². The van der Waals surface area contributed by atoms with E-state index in [0.717, 1.165) is 23.4 Å². The van der Waals surface area contributed by atoms with Crippen LogP contribution in [0.5, 0.6) is 5.75 Å². The van der Waals surface area contributed by atoms with Crippen LogP contribution >= 0.6 is 12.2 Å². The highest BCUT2D eigenvalue weighted by atomic mass is 32.1. The number of hydrogen-bond donors (Lipinski definition) is 0. The summed E-state index contributed by atoms with van der Waals surface area (Å²) in [5, 5.41) is 4.65. The Labute approximate surface area is 192 Å². The summed E-state index contributed by atoms with van der Waals surface area (Å²) in [5.41, 5.74) is 3.89. The van der Waals surface area contributed by atoms with Crippen LogP contribution in [0.4, 0.5) is 0 Å². The maximum Gasteiger partial charge on any atom is 0.203 e. The van der Waals surface area contributed by atoms with Gasteiger partial charge in [0.15, 0.2) is 11.6 Å². The lowest BCUT2D eigenvalue weighted by Gasteiger charge is -2.08. The molecule has 4 aromatic rings. The molecule has 0 fully saturated rings. The van der Waals surface area contributed by atoms with Crippen molar-refractivity contribution in [2.45, 2.75) is 33.4 Å². The van der Waals surface area contributed by atoms with Gasteiger partial charge < -0.3 is 4.74 Å². The maximum absolute atomic E-state index is 12.9. The third kappa shape index (κ3) is 4.86. The van der Waals surface area contributed by atoms with Gasteiger partial charge in [0.25, 0.3) is 0 Å². The number of Topliss-reactive ketones (excluding diaryl/α,β-unsaturated/α-hetero) is 1. The Hall–Kier alpha value is -3.51. The molecule has 0 amide bonds. The first kappa shape index (κ1) is 21.7.